The van der Waals surface area contributed by atoms with Crippen LogP contribution in [0.2, 0.25) is 0 Å². The molecule has 10 nitrogen and oxygen atoms in total. The first-order chi connectivity index (χ1) is 17.5. The number of carbonyl (C=O) groups is 2. The second kappa shape index (κ2) is 13.7. The molecule has 0 heterocycles. The Morgan fingerprint density at radius 2 is 1.59 bits per heavy atom. The van der Waals surface area contributed by atoms with Crippen LogP contribution in [0, 0.1) is 0 Å². The van der Waals surface area contributed by atoms with Crippen molar-refractivity contribution >= 4 is 27.5 Å². The third-order valence-electron chi connectivity index (χ3n) is 5.84. The van der Waals surface area contributed by atoms with E-state index in [0.717, 1.165) is 29.0 Å². The lowest BCUT2D eigenvalue weighted by Gasteiger charge is -2.32. The van der Waals surface area contributed by atoms with E-state index in [0.29, 0.717) is 18.0 Å². The van der Waals surface area contributed by atoms with Crippen LogP contribution in [0.25, 0.3) is 0 Å². The summed E-state index contributed by atoms with van der Waals surface area (Å²) < 4.78 is 42.3. The molecule has 11 heteroatoms. The number of carbonyl (C=O) groups excluding carboxylic acids is 2. The molecule has 2 aromatic rings. The predicted molar refractivity (Wildman–Crippen MR) is 143 cm³/mol. The van der Waals surface area contributed by atoms with Crippen LogP contribution in [0.15, 0.2) is 42.5 Å². The van der Waals surface area contributed by atoms with Gasteiger partial charge >= 0.3 is 0 Å². The van der Waals surface area contributed by atoms with Gasteiger partial charge in [-0.15, -0.1) is 0 Å². The maximum absolute atomic E-state index is 13.6. The van der Waals surface area contributed by atoms with Crippen LogP contribution in [0.3, 0.4) is 0 Å². The Kier molecular flexibility index (Phi) is 11.0. The topological polar surface area (TPSA) is 114 Å². The molecule has 1 N–H and O–H groups in total. The molecule has 0 aliphatic heterocycles. The molecule has 0 radical (unpaired) electrons. The molecule has 1 atom stereocenters. The number of amides is 2. The number of unbranched alkanes of at least 4 members (excludes halogenated alkanes) is 1. The van der Waals surface area contributed by atoms with Gasteiger partial charge in [0.2, 0.25) is 21.8 Å². The van der Waals surface area contributed by atoms with E-state index >= 15 is 0 Å². The Labute approximate surface area is 219 Å². The van der Waals surface area contributed by atoms with Gasteiger partial charge in [-0.05, 0) is 43.2 Å². The highest BCUT2D eigenvalue weighted by molar-refractivity contribution is 7.92. The summed E-state index contributed by atoms with van der Waals surface area (Å²) in [5.41, 5.74) is 0.943. The van der Waals surface area contributed by atoms with E-state index in [9.17, 15) is 18.0 Å². The van der Waals surface area contributed by atoms with Gasteiger partial charge in [-0.2, -0.15) is 0 Å². The standard InChI is InChI=1S/C26H37N3O7S/c1-7-8-15-27-26(31)19(2)28(17-20-9-11-21(34-3)12-10-20)25(30)18-29(37(6,32)33)23-14-13-22(35-4)16-24(23)36-5/h9-14,16,19H,7-8,15,17-18H2,1-6H3,(H,27,31)/t19-/m1/s1. The van der Waals surface area contributed by atoms with E-state index in [2.05, 4.69) is 5.32 Å². The van der Waals surface area contributed by atoms with Crippen LogP contribution in [-0.2, 0) is 26.2 Å². The van der Waals surface area contributed by atoms with E-state index in [4.69, 9.17) is 14.2 Å². The normalized spacial score (nSPS) is 11.8. The van der Waals surface area contributed by atoms with Gasteiger partial charge < -0.3 is 24.4 Å². The molecule has 37 heavy (non-hydrogen) atoms. The molecule has 0 aliphatic carbocycles. The summed E-state index contributed by atoms with van der Waals surface area (Å²) in [6.07, 6.45) is 2.73. The van der Waals surface area contributed by atoms with Crippen molar-refractivity contribution in [2.24, 2.45) is 0 Å². The molecule has 2 amide bonds. The van der Waals surface area contributed by atoms with Crippen molar-refractivity contribution in [1.29, 1.82) is 0 Å². The van der Waals surface area contributed by atoms with Crippen molar-refractivity contribution in [2.75, 3.05) is 45.0 Å². The summed E-state index contributed by atoms with van der Waals surface area (Å²) >= 11 is 0. The summed E-state index contributed by atoms with van der Waals surface area (Å²) in [5, 5.41) is 2.85. The summed E-state index contributed by atoms with van der Waals surface area (Å²) in [5.74, 6) is 0.492. The fourth-order valence-electron chi connectivity index (χ4n) is 3.63. The number of methoxy groups -OCH3 is 3. The number of rotatable bonds is 14. The van der Waals surface area contributed by atoms with Gasteiger partial charge in [-0.3, -0.25) is 13.9 Å². The minimum atomic E-state index is -3.90. The van der Waals surface area contributed by atoms with Crippen LogP contribution < -0.4 is 23.8 Å². The molecule has 204 valence electrons. The lowest BCUT2D eigenvalue weighted by Crippen LogP contribution is -2.51. The molecule has 0 aliphatic rings. The van der Waals surface area contributed by atoms with E-state index in [1.54, 1.807) is 44.4 Å². The van der Waals surface area contributed by atoms with Crippen molar-refractivity contribution in [3.05, 3.63) is 48.0 Å². The third-order valence-corrected chi connectivity index (χ3v) is 6.97. The molecule has 0 spiro atoms. The van der Waals surface area contributed by atoms with Crippen LogP contribution in [0.5, 0.6) is 17.2 Å². The molecule has 0 fully saturated rings. The predicted octanol–water partition coefficient (Wildman–Crippen LogP) is 2.81. The first-order valence-corrected chi connectivity index (χ1v) is 13.8. The van der Waals surface area contributed by atoms with Gasteiger partial charge in [0.15, 0.2) is 0 Å². The van der Waals surface area contributed by atoms with Crippen molar-refractivity contribution in [2.45, 2.75) is 39.3 Å². The molecule has 2 rings (SSSR count). The Balaban J connectivity index is 2.42. The maximum Gasteiger partial charge on any atom is 0.244 e. The number of hydrogen-bond donors (Lipinski definition) is 1. The monoisotopic (exact) mass is 535 g/mol. The zero-order valence-electron chi connectivity index (χ0n) is 22.3. The highest BCUT2D eigenvalue weighted by Gasteiger charge is 2.31. The zero-order valence-corrected chi connectivity index (χ0v) is 23.1. The zero-order chi connectivity index (χ0) is 27.6. The molecule has 0 aromatic heterocycles. The van der Waals surface area contributed by atoms with Crippen LogP contribution in [0.4, 0.5) is 5.69 Å². The van der Waals surface area contributed by atoms with Crippen molar-refractivity contribution in [3.63, 3.8) is 0 Å². The number of nitrogens with zero attached hydrogens (tertiary/aromatic N) is 2. The number of nitrogens with one attached hydrogen (secondary N) is 1. The highest BCUT2D eigenvalue weighted by Crippen LogP contribution is 2.33. The third kappa shape index (κ3) is 8.28. The van der Waals surface area contributed by atoms with E-state index in [1.165, 1.54) is 31.3 Å². The average molecular weight is 536 g/mol. The Bertz CT molecular complexity index is 1150. The van der Waals surface area contributed by atoms with Crippen LogP contribution in [0.1, 0.15) is 32.3 Å². The molecule has 0 saturated carbocycles. The second-order valence-corrected chi connectivity index (χ2v) is 10.4. The summed E-state index contributed by atoms with van der Waals surface area (Å²) in [6.45, 7) is 3.71. The number of hydrogen-bond acceptors (Lipinski definition) is 7. The average Bonchev–Trinajstić information content (AvgIpc) is 2.89. The summed E-state index contributed by atoms with van der Waals surface area (Å²) in [6, 6.07) is 10.9. The van der Waals surface area contributed by atoms with E-state index in [1.807, 2.05) is 6.92 Å². The molecule has 0 bridgehead atoms. The number of sulfonamides is 1. The quantitative estimate of drug-likeness (QED) is 0.370. The number of anilines is 1. The largest absolute Gasteiger partial charge is 0.497 e. The highest BCUT2D eigenvalue weighted by atomic mass is 32.2. The second-order valence-electron chi connectivity index (χ2n) is 8.50. The van der Waals surface area contributed by atoms with Gasteiger partial charge in [0.25, 0.3) is 0 Å². The minimum absolute atomic E-state index is 0.0997. The maximum atomic E-state index is 13.6. The first-order valence-electron chi connectivity index (χ1n) is 12.0. The lowest BCUT2D eigenvalue weighted by molar-refractivity contribution is -0.139. The SMILES string of the molecule is CCCCNC(=O)[C@@H](C)N(Cc1ccc(OC)cc1)C(=O)CN(c1ccc(OC)cc1OC)S(C)(=O)=O. The van der Waals surface area contributed by atoms with E-state index < -0.39 is 28.5 Å². The van der Waals surface area contributed by atoms with Crippen molar-refractivity contribution in [3.8, 4) is 17.2 Å². The smallest absolute Gasteiger partial charge is 0.244 e. The molecule has 0 unspecified atom stereocenters. The molecule has 2 aromatic carbocycles. The summed E-state index contributed by atoms with van der Waals surface area (Å²) in [7, 11) is 0.545. The van der Waals surface area contributed by atoms with Crippen LogP contribution in [-0.4, -0.2) is 71.8 Å². The van der Waals surface area contributed by atoms with Gasteiger partial charge in [0.1, 0.15) is 29.8 Å². The Morgan fingerprint density at radius 3 is 2.14 bits per heavy atom. The molecular formula is C26H37N3O7S. The Hall–Kier alpha value is -3.47. The fraction of sp³-hybridized carbons (Fsp3) is 0.462. The minimum Gasteiger partial charge on any atom is -0.497 e. The number of benzene rings is 2. The Morgan fingerprint density at radius 1 is 0.973 bits per heavy atom. The van der Waals surface area contributed by atoms with Gasteiger partial charge in [-0.1, -0.05) is 25.5 Å². The van der Waals surface area contributed by atoms with Gasteiger partial charge in [0, 0.05) is 19.2 Å². The first kappa shape index (κ1) is 29.8. The van der Waals surface area contributed by atoms with Crippen molar-refractivity contribution < 1.29 is 32.2 Å². The van der Waals surface area contributed by atoms with Gasteiger partial charge in [0.05, 0.1) is 33.3 Å². The number of ether oxygens (including phenoxy) is 3. The van der Waals surface area contributed by atoms with E-state index in [-0.39, 0.29) is 23.9 Å². The molecular weight excluding hydrogens is 498 g/mol. The van der Waals surface area contributed by atoms with Crippen LogP contribution >= 0.6 is 0 Å². The van der Waals surface area contributed by atoms with Gasteiger partial charge in [-0.25, -0.2) is 8.42 Å². The lowest BCUT2D eigenvalue weighted by atomic mass is 10.1. The van der Waals surface area contributed by atoms with Crippen molar-refractivity contribution in [1.82, 2.24) is 10.2 Å². The molecule has 0 saturated heterocycles. The fourth-order valence-corrected chi connectivity index (χ4v) is 4.49. The summed E-state index contributed by atoms with van der Waals surface area (Å²) in [4.78, 5) is 27.9.